The minimum atomic E-state index is -0.976. The average Bonchev–Trinajstić information content (AvgIpc) is 2.57. The number of ether oxygens (including phenoxy) is 1. The Kier molecular flexibility index (Phi) is 6.31. The van der Waals surface area contributed by atoms with Crippen molar-refractivity contribution in [2.45, 2.75) is 26.4 Å². The van der Waals surface area contributed by atoms with Crippen LogP contribution in [0.2, 0.25) is 5.02 Å². The van der Waals surface area contributed by atoms with E-state index in [1.54, 1.807) is 48.5 Å². The molecule has 0 aliphatic rings. The molecule has 0 aromatic heterocycles. The number of hydrogen-bond acceptors (Lipinski definition) is 4. The topological polar surface area (TPSA) is 72.5 Å². The van der Waals surface area contributed by atoms with Gasteiger partial charge in [0.2, 0.25) is 0 Å². The summed E-state index contributed by atoms with van der Waals surface area (Å²) in [5.41, 5.74) is 1.59. The molecule has 0 bridgehead atoms. The molecule has 0 saturated carbocycles. The van der Waals surface area contributed by atoms with E-state index in [9.17, 15) is 14.4 Å². The third kappa shape index (κ3) is 5.43. The molecular formula is C19H18ClNO4. The molecule has 2 rings (SSSR count). The molecule has 5 nitrogen and oxygen atoms in total. The lowest BCUT2D eigenvalue weighted by Crippen LogP contribution is -2.30. The second kappa shape index (κ2) is 8.44. The van der Waals surface area contributed by atoms with Crippen molar-refractivity contribution in [3.8, 4) is 0 Å². The van der Waals surface area contributed by atoms with E-state index in [0.717, 1.165) is 0 Å². The standard InChI is InChI=1S/C19H18ClNO4/c1-12(22)14-7-5-8-16(10-14)21-19(24)13(2)25-18(23)11-15-6-3-4-9-17(15)20/h3-10,13H,11H2,1-2H3,(H,21,24)/t13-/m1/s1. The molecule has 0 spiro atoms. The average molecular weight is 360 g/mol. The number of benzene rings is 2. The Morgan fingerprint density at radius 3 is 2.52 bits per heavy atom. The first-order chi connectivity index (χ1) is 11.9. The van der Waals surface area contributed by atoms with Crippen molar-refractivity contribution in [3.63, 3.8) is 0 Å². The number of amides is 1. The van der Waals surface area contributed by atoms with Crippen molar-refractivity contribution in [2.24, 2.45) is 0 Å². The minimum Gasteiger partial charge on any atom is -0.452 e. The van der Waals surface area contributed by atoms with Gasteiger partial charge in [0, 0.05) is 16.3 Å². The van der Waals surface area contributed by atoms with Crippen LogP contribution in [0.15, 0.2) is 48.5 Å². The summed E-state index contributed by atoms with van der Waals surface area (Å²) in [7, 11) is 0. The Morgan fingerprint density at radius 1 is 1.12 bits per heavy atom. The molecule has 0 unspecified atom stereocenters. The zero-order valence-corrected chi connectivity index (χ0v) is 14.7. The van der Waals surface area contributed by atoms with Gasteiger partial charge < -0.3 is 10.1 Å². The summed E-state index contributed by atoms with van der Waals surface area (Å²) in [6.07, 6.45) is -0.993. The van der Waals surface area contributed by atoms with E-state index in [2.05, 4.69) is 5.32 Å². The third-order valence-electron chi connectivity index (χ3n) is 3.51. The number of anilines is 1. The number of halogens is 1. The van der Waals surface area contributed by atoms with E-state index < -0.39 is 18.0 Å². The summed E-state index contributed by atoms with van der Waals surface area (Å²) >= 11 is 6.00. The maximum atomic E-state index is 12.1. The Labute approximate surface area is 150 Å². The van der Waals surface area contributed by atoms with Crippen LogP contribution in [0.3, 0.4) is 0 Å². The van der Waals surface area contributed by atoms with Crippen LogP contribution >= 0.6 is 11.6 Å². The van der Waals surface area contributed by atoms with Crippen LogP contribution in [-0.2, 0) is 20.7 Å². The molecule has 1 N–H and O–H groups in total. The zero-order chi connectivity index (χ0) is 18.4. The van der Waals surface area contributed by atoms with E-state index in [4.69, 9.17) is 16.3 Å². The molecule has 1 atom stereocenters. The molecule has 6 heteroatoms. The molecule has 2 aromatic carbocycles. The number of carbonyl (C=O) groups excluding carboxylic acids is 3. The van der Waals surface area contributed by atoms with Gasteiger partial charge in [-0.25, -0.2) is 0 Å². The highest BCUT2D eigenvalue weighted by Crippen LogP contribution is 2.16. The third-order valence-corrected chi connectivity index (χ3v) is 3.88. The van der Waals surface area contributed by atoms with Crippen molar-refractivity contribution in [2.75, 3.05) is 5.32 Å². The zero-order valence-electron chi connectivity index (χ0n) is 13.9. The molecule has 0 aliphatic heterocycles. The molecule has 0 radical (unpaired) electrons. The van der Waals surface area contributed by atoms with E-state index in [1.165, 1.54) is 13.8 Å². The van der Waals surface area contributed by atoms with Crippen LogP contribution in [0.4, 0.5) is 5.69 Å². The van der Waals surface area contributed by atoms with Crippen molar-refractivity contribution >= 4 is 34.9 Å². The van der Waals surface area contributed by atoms with E-state index in [-0.39, 0.29) is 12.2 Å². The maximum Gasteiger partial charge on any atom is 0.311 e. The normalized spacial score (nSPS) is 11.5. The molecular weight excluding hydrogens is 342 g/mol. The van der Waals surface area contributed by atoms with Crippen LogP contribution in [0, 0.1) is 0 Å². The fourth-order valence-corrected chi connectivity index (χ4v) is 2.35. The van der Waals surface area contributed by atoms with Gasteiger partial charge in [0.05, 0.1) is 6.42 Å². The SMILES string of the molecule is CC(=O)c1cccc(NC(=O)[C@@H](C)OC(=O)Cc2ccccc2Cl)c1. The second-order valence-corrected chi connectivity index (χ2v) is 5.93. The highest BCUT2D eigenvalue weighted by atomic mass is 35.5. The van der Waals surface area contributed by atoms with Crippen molar-refractivity contribution in [1.82, 2.24) is 0 Å². The van der Waals surface area contributed by atoms with Crippen LogP contribution in [0.1, 0.15) is 29.8 Å². The first kappa shape index (κ1) is 18.7. The number of Topliss-reactive ketones (excluding diaryl/α,β-unsaturated/α-hetero) is 1. The lowest BCUT2D eigenvalue weighted by atomic mass is 10.1. The molecule has 25 heavy (non-hydrogen) atoms. The molecule has 130 valence electrons. The molecule has 0 fully saturated rings. The summed E-state index contributed by atoms with van der Waals surface area (Å²) < 4.78 is 5.14. The van der Waals surface area contributed by atoms with Crippen LogP contribution in [0.25, 0.3) is 0 Å². The second-order valence-electron chi connectivity index (χ2n) is 5.53. The summed E-state index contributed by atoms with van der Waals surface area (Å²) in [6.45, 7) is 2.93. The summed E-state index contributed by atoms with van der Waals surface area (Å²) in [6, 6.07) is 13.5. The summed E-state index contributed by atoms with van der Waals surface area (Å²) in [4.78, 5) is 35.5. The largest absolute Gasteiger partial charge is 0.452 e. The lowest BCUT2D eigenvalue weighted by molar-refractivity contribution is -0.152. The molecule has 0 aliphatic carbocycles. The predicted octanol–water partition coefficient (Wildman–Crippen LogP) is 3.66. The number of esters is 1. The smallest absolute Gasteiger partial charge is 0.311 e. The fourth-order valence-electron chi connectivity index (χ4n) is 2.15. The van der Waals surface area contributed by atoms with Crippen molar-refractivity contribution < 1.29 is 19.1 Å². The highest BCUT2D eigenvalue weighted by Gasteiger charge is 2.19. The highest BCUT2D eigenvalue weighted by molar-refractivity contribution is 6.31. The van der Waals surface area contributed by atoms with Gasteiger partial charge in [0.15, 0.2) is 11.9 Å². The maximum absolute atomic E-state index is 12.1. The molecule has 0 heterocycles. The van der Waals surface area contributed by atoms with Crippen molar-refractivity contribution in [3.05, 3.63) is 64.7 Å². The van der Waals surface area contributed by atoms with E-state index >= 15 is 0 Å². The number of nitrogens with one attached hydrogen (secondary N) is 1. The van der Waals surface area contributed by atoms with Gasteiger partial charge >= 0.3 is 5.97 Å². The van der Waals surface area contributed by atoms with Crippen LogP contribution < -0.4 is 5.32 Å². The number of ketones is 1. The molecule has 0 saturated heterocycles. The fraction of sp³-hybridized carbons (Fsp3) is 0.211. The predicted molar refractivity (Wildman–Crippen MR) is 95.8 cm³/mol. The quantitative estimate of drug-likeness (QED) is 0.631. The number of hydrogen-bond donors (Lipinski definition) is 1. The van der Waals surface area contributed by atoms with Gasteiger partial charge in [-0.2, -0.15) is 0 Å². The van der Waals surface area contributed by atoms with Gasteiger partial charge in [-0.15, -0.1) is 0 Å². The van der Waals surface area contributed by atoms with E-state index in [0.29, 0.717) is 21.8 Å². The van der Waals surface area contributed by atoms with Gasteiger partial charge in [0.1, 0.15) is 0 Å². The van der Waals surface area contributed by atoms with Crippen molar-refractivity contribution in [1.29, 1.82) is 0 Å². The monoisotopic (exact) mass is 359 g/mol. The Morgan fingerprint density at radius 2 is 1.84 bits per heavy atom. The number of carbonyl (C=O) groups is 3. The van der Waals surface area contributed by atoms with Gasteiger partial charge in [0.25, 0.3) is 5.91 Å². The minimum absolute atomic E-state index is 0.0168. The molecule has 1 amide bonds. The Balaban J connectivity index is 1.94. The van der Waals surface area contributed by atoms with Gasteiger partial charge in [-0.1, -0.05) is 41.9 Å². The Bertz CT molecular complexity index is 804. The first-order valence-electron chi connectivity index (χ1n) is 7.71. The van der Waals surface area contributed by atoms with Crippen LogP contribution in [0.5, 0.6) is 0 Å². The van der Waals surface area contributed by atoms with Gasteiger partial charge in [-0.3, -0.25) is 14.4 Å². The Hall–Kier alpha value is -2.66. The van der Waals surface area contributed by atoms with E-state index in [1.807, 2.05) is 0 Å². The molecule has 2 aromatic rings. The lowest BCUT2D eigenvalue weighted by Gasteiger charge is -2.14. The van der Waals surface area contributed by atoms with Gasteiger partial charge in [-0.05, 0) is 37.6 Å². The summed E-state index contributed by atoms with van der Waals surface area (Å²) in [5, 5.41) is 3.09. The van der Waals surface area contributed by atoms with Crippen LogP contribution in [-0.4, -0.2) is 23.8 Å². The first-order valence-corrected chi connectivity index (χ1v) is 8.09. The number of rotatable bonds is 6. The summed E-state index contributed by atoms with van der Waals surface area (Å²) in [5.74, 6) is -1.13.